The van der Waals surface area contributed by atoms with Gasteiger partial charge in [0.25, 0.3) is 0 Å². The number of hydrogen-bond donors (Lipinski definition) is 1. The third kappa shape index (κ3) is 2.90. The largest absolute Gasteiger partial charge is 0.392 e. The maximum atomic E-state index is 9.63. The molecule has 2 aromatic carbocycles. The molecule has 0 aliphatic carbocycles. The van der Waals surface area contributed by atoms with E-state index in [0.29, 0.717) is 36.9 Å². The first-order chi connectivity index (χ1) is 10.5. The van der Waals surface area contributed by atoms with Crippen LogP contribution in [0.1, 0.15) is 5.56 Å². The number of rotatable bonds is 2. The van der Waals surface area contributed by atoms with E-state index in [-0.39, 0.29) is 6.61 Å². The minimum absolute atomic E-state index is 0.149. The fourth-order valence-electron chi connectivity index (χ4n) is 2.25. The zero-order chi connectivity index (χ0) is 15.9. The molecule has 0 aliphatic heterocycles. The van der Waals surface area contributed by atoms with Gasteiger partial charge in [-0.2, -0.15) is 0 Å². The predicted octanol–water partition coefficient (Wildman–Crippen LogP) is 6.01. The highest BCUT2D eigenvalue weighted by atomic mass is 35.5. The minimum Gasteiger partial charge on any atom is -0.392 e. The van der Waals surface area contributed by atoms with E-state index in [9.17, 15) is 5.11 Å². The third-order valence-electron chi connectivity index (χ3n) is 3.30. The summed E-state index contributed by atoms with van der Waals surface area (Å²) in [6.45, 7) is -0.149. The lowest BCUT2D eigenvalue weighted by atomic mass is 10.0. The molecule has 0 aliphatic rings. The molecule has 0 saturated heterocycles. The molecule has 0 spiro atoms. The van der Waals surface area contributed by atoms with Gasteiger partial charge in [-0.15, -0.1) is 0 Å². The smallest absolute Gasteiger partial charge is 0.0900 e. The summed E-state index contributed by atoms with van der Waals surface area (Å²) in [7, 11) is 0. The SMILES string of the molecule is OCc1cc(-c2ccc(Cl)c(Cl)c2)nc2c(Cl)cc(Cl)cc12. The summed E-state index contributed by atoms with van der Waals surface area (Å²) in [6, 6.07) is 10.4. The molecule has 0 atom stereocenters. The molecule has 0 unspecified atom stereocenters. The lowest BCUT2D eigenvalue weighted by Crippen LogP contribution is -1.94. The van der Waals surface area contributed by atoms with Crippen LogP contribution in [-0.4, -0.2) is 10.1 Å². The molecule has 0 saturated carbocycles. The van der Waals surface area contributed by atoms with Crippen molar-refractivity contribution in [3.05, 3.63) is 62.1 Å². The van der Waals surface area contributed by atoms with Crippen molar-refractivity contribution in [2.45, 2.75) is 6.61 Å². The minimum atomic E-state index is -0.149. The summed E-state index contributed by atoms with van der Waals surface area (Å²) in [5.74, 6) is 0. The van der Waals surface area contributed by atoms with Crippen LogP contribution in [0.4, 0.5) is 0 Å². The van der Waals surface area contributed by atoms with Gasteiger partial charge in [0.15, 0.2) is 0 Å². The molecule has 1 aromatic heterocycles. The molecule has 1 N–H and O–H groups in total. The number of aliphatic hydroxyl groups excluding tert-OH is 1. The van der Waals surface area contributed by atoms with Gasteiger partial charge in [-0.25, -0.2) is 4.98 Å². The Labute approximate surface area is 147 Å². The first-order valence-corrected chi connectivity index (χ1v) is 7.85. The first-order valence-electron chi connectivity index (χ1n) is 6.34. The number of pyridine rings is 1. The van der Waals surface area contributed by atoms with E-state index in [1.165, 1.54) is 0 Å². The lowest BCUT2D eigenvalue weighted by Gasteiger charge is -2.10. The number of benzene rings is 2. The normalized spacial score (nSPS) is 11.1. The van der Waals surface area contributed by atoms with Crippen LogP contribution in [0.15, 0.2) is 36.4 Å². The number of halogens is 4. The van der Waals surface area contributed by atoms with E-state index in [0.717, 1.165) is 10.9 Å². The van der Waals surface area contributed by atoms with E-state index in [1.807, 2.05) is 6.07 Å². The van der Waals surface area contributed by atoms with E-state index >= 15 is 0 Å². The molecule has 22 heavy (non-hydrogen) atoms. The van der Waals surface area contributed by atoms with Crippen LogP contribution in [-0.2, 0) is 6.61 Å². The fraction of sp³-hybridized carbons (Fsp3) is 0.0625. The Kier molecular flexibility index (Phi) is 4.49. The Morgan fingerprint density at radius 1 is 0.864 bits per heavy atom. The number of hydrogen-bond acceptors (Lipinski definition) is 2. The molecule has 2 nitrogen and oxygen atoms in total. The zero-order valence-electron chi connectivity index (χ0n) is 11.1. The van der Waals surface area contributed by atoms with Gasteiger partial charge in [-0.1, -0.05) is 52.5 Å². The standard InChI is InChI=1S/C16H9Cl4NO/c17-10-5-11-9(7-22)4-15(21-16(11)14(20)6-10)8-1-2-12(18)13(19)3-8/h1-6,22H,7H2. The van der Waals surface area contributed by atoms with Gasteiger partial charge in [-0.05, 0) is 35.9 Å². The number of fused-ring (bicyclic) bond motifs is 1. The van der Waals surface area contributed by atoms with Crippen molar-refractivity contribution < 1.29 is 5.11 Å². The Morgan fingerprint density at radius 2 is 1.64 bits per heavy atom. The highest BCUT2D eigenvalue weighted by molar-refractivity contribution is 6.42. The first kappa shape index (κ1) is 15.9. The van der Waals surface area contributed by atoms with Crippen molar-refractivity contribution in [2.75, 3.05) is 0 Å². The quantitative estimate of drug-likeness (QED) is 0.597. The van der Waals surface area contributed by atoms with Crippen LogP contribution in [0.5, 0.6) is 0 Å². The van der Waals surface area contributed by atoms with Crippen molar-refractivity contribution in [2.24, 2.45) is 0 Å². The second kappa shape index (κ2) is 6.23. The van der Waals surface area contributed by atoms with Gasteiger partial charge < -0.3 is 5.11 Å². The van der Waals surface area contributed by atoms with Crippen LogP contribution in [0, 0.1) is 0 Å². The summed E-state index contributed by atoms with van der Waals surface area (Å²) < 4.78 is 0. The fourth-order valence-corrected chi connectivity index (χ4v) is 3.09. The molecule has 0 amide bonds. The Bertz CT molecular complexity index is 880. The van der Waals surface area contributed by atoms with Gasteiger partial charge in [0.1, 0.15) is 0 Å². The zero-order valence-corrected chi connectivity index (χ0v) is 14.1. The van der Waals surface area contributed by atoms with Crippen molar-refractivity contribution in [1.29, 1.82) is 0 Å². The Hall–Kier alpha value is -1.03. The van der Waals surface area contributed by atoms with Crippen LogP contribution in [0.2, 0.25) is 20.1 Å². The van der Waals surface area contributed by atoms with Crippen molar-refractivity contribution in [1.82, 2.24) is 4.98 Å². The molecule has 6 heteroatoms. The summed E-state index contributed by atoms with van der Waals surface area (Å²) in [4.78, 5) is 4.56. The van der Waals surface area contributed by atoms with E-state index in [4.69, 9.17) is 46.4 Å². The highest BCUT2D eigenvalue weighted by Gasteiger charge is 2.12. The topological polar surface area (TPSA) is 33.1 Å². The monoisotopic (exact) mass is 371 g/mol. The van der Waals surface area contributed by atoms with Crippen molar-refractivity contribution in [3.63, 3.8) is 0 Å². The van der Waals surface area contributed by atoms with Crippen LogP contribution in [0.25, 0.3) is 22.2 Å². The molecule has 0 radical (unpaired) electrons. The van der Waals surface area contributed by atoms with E-state index in [1.54, 1.807) is 30.3 Å². The van der Waals surface area contributed by atoms with Crippen LogP contribution >= 0.6 is 46.4 Å². The Morgan fingerprint density at radius 3 is 2.32 bits per heavy atom. The van der Waals surface area contributed by atoms with Crippen molar-refractivity contribution >= 4 is 57.3 Å². The average molecular weight is 373 g/mol. The third-order valence-corrected chi connectivity index (χ3v) is 4.55. The van der Waals surface area contributed by atoms with Gasteiger partial charge in [0, 0.05) is 16.0 Å². The lowest BCUT2D eigenvalue weighted by molar-refractivity contribution is 0.283. The van der Waals surface area contributed by atoms with Gasteiger partial charge in [0.05, 0.1) is 32.9 Å². The summed E-state index contributed by atoms with van der Waals surface area (Å²) >= 11 is 24.2. The molecule has 3 aromatic rings. The van der Waals surface area contributed by atoms with Gasteiger partial charge >= 0.3 is 0 Å². The molecule has 3 rings (SSSR count). The predicted molar refractivity (Wildman–Crippen MR) is 93.1 cm³/mol. The second-order valence-electron chi connectivity index (χ2n) is 4.74. The van der Waals surface area contributed by atoms with Crippen LogP contribution in [0.3, 0.4) is 0 Å². The Balaban J connectivity index is 2.29. The molecular weight excluding hydrogens is 364 g/mol. The molecule has 1 heterocycles. The van der Waals surface area contributed by atoms with E-state index in [2.05, 4.69) is 4.98 Å². The van der Waals surface area contributed by atoms with Crippen molar-refractivity contribution in [3.8, 4) is 11.3 Å². The molecular formula is C16H9Cl4NO. The summed E-state index contributed by atoms with van der Waals surface area (Å²) in [5, 5.41) is 12.2. The van der Waals surface area contributed by atoms with Gasteiger partial charge in [0.2, 0.25) is 0 Å². The van der Waals surface area contributed by atoms with E-state index < -0.39 is 0 Å². The second-order valence-corrected chi connectivity index (χ2v) is 6.40. The van der Waals surface area contributed by atoms with Gasteiger partial charge in [-0.3, -0.25) is 0 Å². The average Bonchev–Trinajstić information content (AvgIpc) is 2.49. The van der Waals surface area contributed by atoms with Crippen LogP contribution < -0.4 is 0 Å². The molecule has 0 fully saturated rings. The number of aliphatic hydroxyl groups is 1. The molecule has 112 valence electrons. The maximum Gasteiger partial charge on any atom is 0.0900 e. The number of aromatic nitrogens is 1. The number of nitrogens with zero attached hydrogens (tertiary/aromatic N) is 1. The summed E-state index contributed by atoms with van der Waals surface area (Å²) in [6.07, 6.45) is 0. The molecule has 0 bridgehead atoms. The maximum absolute atomic E-state index is 9.63. The highest BCUT2D eigenvalue weighted by Crippen LogP contribution is 2.33. The summed E-state index contributed by atoms with van der Waals surface area (Å²) in [5.41, 5.74) is 2.71.